The maximum Gasteiger partial charge on any atom is 0.170 e. The van der Waals surface area contributed by atoms with Gasteiger partial charge in [-0.25, -0.2) is 0 Å². The van der Waals surface area contributed by atoms with Crippen molar-refractivity contribution in [3.63, 3.8) is 0 Å². The zero-order chi connectivity index (χ0) is 12.1. The lowest BCUT2D eigenvalue weighted by Gasteiger charge is -2.03. The van der Waals surface area contributed by atoms with Gasteiger partial charge in [-0.3, -0.25) is 9.59 Å². The minimum absolute atomic E-state index is 0.0283. The molecule has 0 amide bonds. The quantitative estimate of drug-likeness (QED) is 0.562. The molecule has 2 nitrogen and oxygen atoms in total. The van der Waals surface area contributed by atoms with Crippen LogP contribution in [0.2, 0.25) is 0 Å². The summed E-state index contributed by atoms with van der Waals surface area (Å²) in [6, 6.07) is 7.33. The van der Waals surface area contributed by atoms with Gasteiger partial charge >= 0.3 is 0 Å². The van der Waals surface area contributed by atoms with Gasteiger partial charge in [-0.05, 0) is 12.8 Å². The highest BCUT2D eigenvalue weighted by Gasteiger charge is 2.12. The van der Waals surface area contributed by atoms with Crippen LogP contribution < -0.4 is 0 Å². The van der Waals surface area contributed by atoms with E-state index in [4.69, 9.17) is 0 Å². The number of hydrogen-bond acceptors (Lipinski definition) is 2. The molecule has 0 fully saturated rings. The van der Waals surface area contributed by atoms with Crippen molar-refractivity contribution in [3.8, 4) is 0 Å². The molecule has 0 N–H and O–H groups in total. The molecule has 0 saturated carbocycles. The van der Waals surface area contributed by atoms with Gasteiger partial charge in [0.25, 0.3) is 0 Å². The van der Waals surface area contributed by atoms with Crippen molar-refractivity contribution in [2.75, 3.05) is 0 Å². The summed E-state index contributed by atoms with van der Waals surface area (Å²) in [6.07, 6.45) is 0.513. The summed E-state index contributed by atoms with van der Waals surface area (Å²) in [5.74, 6) is 0.268. The van der Waals surface area contributed by atoms with Crippen molar-refractivity contribution in [2.24, 2.45) is 5.92 Å². The predicted octanol–water partition coefficient (Wildman–Crippen LogP) is 3.18. The molecule has 1 aromatic carbocycles. The third-order valence-electron chi connectivity index (χ3n) is 2.37. The van der Waals surface area contributed by atoms with Crippen LogP contribution >= 0.6 is 0 Å². The van der Waals surface area contributed by atoms with Crippen molar-refractivity contribution >= 4 is 11.6 Å². The normalized spacial score (nSPS) is 10.5. The molecule has 0 saturated heterocycles. The number of hydrogen-bond donors (Lipinski definition) is 0. The Bertz CT molecular complexity index is 374. The van der Waals surface area contributed by atoms with E-state index in [1.54, 1.807) is 12.1 Å². The average Bonchev–Trinajstić information content (AvgIpc) is 2.16. The van der Waals surface area contributed by atoms with E-state index in [0.29, 0.717) is 17.9 Å². The van der Waals surface area contributed by atoms with Crippen LogP contribution in [0.3, 0.4) is 0 Å². The second-order valence-corrected chi connectivity index (χ2v) is 4.60. The van der Waals surface area contributed by atoms with E-state index >= 15 is 0 Å². The highest BCUT2D eigenvalue weighted by atomic mass is 16.1. The fraction of sp³-hybridized carbons (Fsp3) is 0.429. The minimum atomic E-state index is -0.0781. The summed E-state index contributed by atoms with van der Waals surface area (Å²) >= 11 is 0. The fourth-order valence-corrected chi connectivity index (χ4v) is 1.55. The van der Waals surface area contributed by atoms with Crippen LogP contribution in [-0.4, -0.2) is 11.6 Å². The molecular formula is C14H18O2. The molecule has 0 aliphatic heterocycles. The first-order valence-electron chi connectivity index (χ1n) is 5.60. The van der Waals surface area contributed by atoms with Gasteiger partial charge in [0.1, 0.15) is 5.78 Å². The maximum atomic E-state index is 11.7. The average molecular weight is 218 g/mol. The van der Waals surface area contributed by atoms with E-state index < -0.39 is 0 Å². The predicted molar refractivity (Wildman–Crippen MR) is 64.6 cm³/mol. The highest BCUT2D eigenvalue weighted by Crippen LogP contribution is 2.09. The van der Waals surface area contributed by atoms with Gasteiger partial charge in [0.15, 0.2) is 5.78 Å². The Labute approximate surface area is 96.7 Å². The number of benzene rings is 1. The van der Waals surface area contributed by atoms with Crippen LogP contribution in [0.15, 0.2) is 24.3 Å². The van der Waals surface area contributed by atoms with Gasteiger partial charge in [0.2, 0.25) is 0 Å². The fourth-order valence-electron chi connectivity index (χ4n) is 1.55. The summed E-state index contributed by atoms with van der Waals surface area (Å²) in [4.78, 5) is 23.2. The number of Topliss-reactive ketones (excluding diaryl/α,β-unsaturated/α-hetero) is 2. The molecule has 0 bridgehead atoms. The lowest BCUT2D eigenvalue weighted by atomic mass is 10.00. The lowest BCUT2D eigenvalue weighted by molar-refractivity contribution is -0.118. The Kier molecular flexibility index (Phi) is 4.41. The molecule has 0 heterocycles. The molecule has 2 heteroatoms. The minimum Gasteiger partial charge on any atom is -0.299 e. The van der Waals surface area contributed by atoms with Crippen LogP contribution in [-0.2, 0) is 4.79 Å². The molecule has 1 rings (SSSR count). The first-order valence-corrected chi connectivity index (χ1v) is 5.60. The van der Waals surface area contributed by atoms with Crippen molar-refractivity contribution in [1.82, 2.24) is 0 Å². The Balaban J connectivity index is 2.59. The van der Waals surface area contributed by atoms with E-state index in [9.17, 15) is 9.59 Å². The molecule has 0 unspecified atom stereocenters. The van der Waals surface area contributed by atoms with Crippen molar-refractivity contribution in [3.05, 3.63) is 35.4 Å². The van der Waals surface area contributed by atoms with Crippen molar-refractivity contribution < 1.29 is 9.59 Å². The van der Waals surface area contributed by atoms with Crippen molar-refractivity contribution in [2.45, 2.75) is 33.6 Å². The number of carbonyl (C=O) groups excluding carboxylic acids is 2. The number of rotatable bonds is 5. The molecule has 1 aromatic rings. The van der Waals surface area contributed by atoms with Crippen LogP contribution in [0.5, 0.6) is 0 Å². The largest absolute Gasteiger partial charge is 0.299 e. The van der Waals surface area contributed by atoms with Gasteiger partial charge in [-0.1, -0.05) is 43.7 Å². The van der Waals surface area contributed by atoms with Gasteiger partial charge in [0, 0.05) is 12.0 Å². The van der Waals surface area contributed by atoms with Crippen LogP contribution in [0.4, 0.5) is 0 Å². The summed E-state index contributed by atoms with van der Waals surface area (Å²) in [5, 5.41) is 0. The smallest absolute Gasteiger partial charge is 0.170 e. The first kappa shape index (κ1) is 12.6. The Morgan fingerprint density at radius 2 is 1.69 bits per heavy atom. The second-order valence-electron chi connectivity index (χ2n) is 4.60. The lowest BCUT2D eigenvalue weighted by Crippen LogP contribution is -2.10. The monoisotopic (exact) mass is 218 g/mol. The van der Waals surface area contributed by atoms with Gasteiger partial charge < -0.3 is 0 Å². The van der Waals surface area contributed by atoms with E-state index in [1.165, 1.54) is 0 Å². The zero-order valence-corrected chi connectivity index (χ0v) is 10.1. The highest BCUT2D eigenvalue weighted by molar-refractivity contribution is 6.07. The van der Waals surface area contributed by atoms with E-state index in [-0.39, 0.29) is 18.0 Å². The molecule has 0 spiro atoms. The van der Waals surface area contributed by atoms with E-state index in [1.807, 2.05) is 32.9 Å². The number of ketones is 2. The number of carbonyl (C=O) groups is 2. The zero-order valence-electron chi connectivity index (χ0n) is 10.1. The number of aryl methyl sites for hydroxylation is 1. The molecule has 0 aromatic heterocycles. The topological polar surface area (TPSA) is 34.1 Å². The van der Waals surface area contributed by atoms with Crippen molar-refractivity contribution in [1.29, 1.82) is 0 Å². The summed E-state index contributed by atoms with van der Waals surface area (Å²) in [5.41, 5.74) is 1.74. The second kappa shape index (κ2) is 5.59. The Morgan fingerprint density at radius 3 is 2.19 bits per heavy atom. The maximum absolute atomic E-state index is 11.7. The van der Waals surface area contributed by atoms with E-state index in [0.717, 1.165) is 5.56 Å². The molecule has 86 valence electrons. The molecular weight excluding hydrogens is 200 g/mol. The summed E-state index contributed by atoms with van der Waals surface area (Å²) < 4.78 is 0. The molecule has 0 aliphatic rings. The Hall–Kier alpha value is -1.44. The molecule has 16 heavy (non-hydrogen) atoms. The third-order valence-corrected chi connectivity index (χ3v) is 2.37. The SMILES string of the molecule is Cc1ccc(C(=O)CC(=O)CC(C)C)cc1. The molecule has 0 atom stereocenters. The van der Waals surface area contributed by atoms with Crippen LogP contribution in [0.1, 0.15) is 42.6 Å². The standard InChI is InChI=1S/C14H18O2/c1-10(2)8-13(15)9-14(16)12-6-4-11(3)5-7-12/h4-7,10H,8-9H2,1-3H3. The first-order chi connectivity index (χ1) is 7.49. The third kappa shape index (κ3) is 3.97. The molecule has 0 radical (unpaired) electrons. The van der Waals surface area contributed by atoms with Crippen LogP contribution in [0, 0.1) is 12.8 Å². The van der Waals surface area contributed by atoms with Gasteiger partial charge in [0.05, 0.1) is 6.42 Å². The van der Waals surface area contributed by atoms with Crippen LogP contribution in [0.25, 0.3) is 0 Å². The summed E-state index contributed by atoms with van der Waals surface area (Å²) in [6.45, 7) is 5.93. The Morgan fingerprint density at radius 1 is 1.12 bits per heavy atom. The molecule has 0 aliphatic carbocycles. The van der Waals surface area contributed by atoms with E-state index in [2.05, 4.69) is 0 Å². The van der Waals surface area contributed by atoms with Gasteiger partial charge in [-0.2, -0.15) is 0 Å². The summed E-state index contributed by atoms with van der Waals surface area (Å²) in [7, 11) is 0. The van der Waals surface area contributed by atoms with Gasteiger partial charge in [-0.15, -0.1) is 0 Å².